The highest BCUT2D eigenvalue weighted by Crippen LogP contribution is 2.33. The third-order valence-electron chi connectivity index (χ3n) is 4.23. The van der Waals surface area contributed by atoms with Crippen molar-refractivity contribution in [3.8, 4) is 11.1 Å². The summed E-state index contributed by atoms with van der Waals surface area (Å²) in [4.78, 5) is 0. The lowest BCUT2D eigenvalue weighted by molar-refractivity contribution is 0.439. The molecule has 0 amide bonds. The van der Waals surface area contributed by atoms with Crippen LogP contribution in [-0.4, -0.2) is 0 Å². The molecule has 0 atom stereocenters. The molecule has 2 rings (SSSR count). The Hall–Kier alpha value is -1.56. The van der Waals surface area contributed by atoms with Crippen molar-refractivity contribution < 1.29 is 0 Å². The second kappa shape index (κ2) is 5.39. The molecular weight excluding hydrogens is 216 g/mol. The molecule has 0 aromatic heterocycles. The first kappa shape index (κ1) is 12.9. The van der Waals surface area contributed by atoms with Crippen molar-refractivity contribution in [1.82, 2.24) is 0 Å². The van der Waals surface area contributed by atoms with E-state index in [4.69, 9.17) is 0 Å². The van der Waals surface area contributed by atoms with Gasteiger partial charge in [-0.2, -0.15) is 0 Å². The SMILES string of the molecule is CCC(C)(CC)c1cccc(-c2ccccc2)c1. The molecule has 2 aromatic carbocycles. The molecule has 0 unspecified atom stereocenters. The number of rotatable bonds is 4. The highest BCUT2D eigenvalue weighted by molar-refractivity contribution is 5.64. The van der Waals surface area contributed by atoms with Crippen molar-refractivity contribution in [3.63, 3.8) is 0 Å². The zero-order chi connectivity index (χ0) is 13.0. The predicted octanol–water partition coefficient (Wildman–Crippen LogP) is 5.43. The summed E-state index contributed by atoms with van der Waals surface area (Å²) in [7, 11) is 0. The summed E-state index contributed by atoms with van der Waals surface area (Å²) in [6.07, 6.45) is 2.36. The van der Waals surface area contributed by atoms with Crippen LogP contribution in [0.1, 0.15) is 39.2 Å². The van der Waals surface area contributed by atoms with Gasteiger partial charge in [0.15, 0.2) is 0 Å². The molecule has 0 spiro atoms. The third kappa shape index (κ3) is 2.48. The van der Waals surface area contributed by atoms with E-state index in [0.29, 0.717) is 5.41 Å². The van der Waals surface area contributed by atoms with E-state index in [9.17, 15) is 0 Å². The lowest BCUT2D eigenvalue weighted by Crippen LogP contribution is -2.19. The first-order valence-electron chi connectivity index (χ1n) is 6.85. The van der Waals surface area contributed by atoms with Crippen molar-refractivity contribution in [3.05, 3.63) is 60.2 Å². The molecule has 0 nitrogen and oxygen atoms in total. The van der Waals surface area contributed by atoms with E-state index in [-0.39, 0.29) is 0 Å². The fourth-order valence-corrected chi connectivity index (χ4v) is 2.36. The summed E-state index contributed by atoms with van der Waals surface area (Å²) in [5.74, 6) is 0. The Morgan fingerprint density at radius 1 is 0.778 bits per heavy atom. The van der Waals surface area contributed by atoms with Gasteiger partial charge in [-0.25, -0.2) is 0 Å². The Kier molecular flexibility index (Phi) is 3.86. The molecule has 0 N–H and O–H groups in total. The maximum Gasteiger partial charge on any atom is -0.00803 e. The minimum atomic E-state index is 0.296. The van der Waals surface area contributed by atoms with Crippen molar-refractivity contribution in [2.24, 2.45) is 0 Å². The van der Waals surface area contributed by atoms with Gasteiger partial charge in [-0.1, -0.05) is 75.4 Å². The van der Waals surface area contributed by atoms with Crippen LogP contribution in [0.2, 0.25) is 0 Å². The Morgan fingerprint density at radius 3 is 2.00 bits per heavy atom. The van der Waals surface area contributed by atoms with Crippen LogP contribution < -0.4 is 0 Å². The second-order valence-electron chi connectivity index (χ2n) is 5.21. The molecule has 94 valence electrons. The molecule has 0 aliphatic carbocycles. The van der Waals surface area contributed by atoms with Crippen molar-refractivity contribution >= 4 is 0 Å². The standard InChI is InChI=1S/C18H22/c1-4-18(3,5-2)17-13-9-12-16(14-17)15-10-7-6-8-11-15/h6-14H,4-5H2,1-3H3. The van der Waals surface area contributed by atoms with Crippen LogP contribution in [-0.2, 0) is 5.41 Å². The molecule has 0 saturated heterocycles. The van der Waals surface area contributed by atoms with E-state index in [2.05, 4.69) is 75.4 Å². The van der Waals surface area contributed by atoms with Crippen LogP contribution in [0.15, 0.2) is 54.6 Å². The molecule has 0 radical (unpaired) electrons. The van der Waals surface area contributed by atoms with Crippen molar-refractivity contribution in [2.45, 2.75) is 39.0 Å². The lowest BCUT2D eigenvalue weighted by atomic mass is 9.77. The van der Waals surface area contributed by atoms with Gasteiger partial charge < -0.3 is 0 Å². The normalized spacial score (nSPS) is 11.5. The van der Waals surface area contributed by atoms with Crippen LogP contribution in [0, 0.1) is 0 Å². The minimum Gasteiger partial charge on any atom is -0.0645 e. The van der Waals surface area contributed by atoms with Crippen LogP contribution in [0.5, 0.6) is 0 Å². The Bertz CT molecular complexity index is 492. The fraction of sp³-hybridized carbons (Fsp3) is 0.333. The topological polar surface area (TPSA) is 0 Å². The van der Waals surface area contributed by atoms with E-state index in [0.717, 1.165) is 0 Å². The molecule has 0 saturated carbocycles. The summed E-state index contributed by atoms with van der Waals surface area (Å²) in [6, 6.07) is 19.6. The van der Waals surface area contributed by atoms with E-state index in [1.165, 1.54) is 29.5 Å². The average molecular weight is 238 g/mol. The van der Waals surface area contributed by atoms with Crippen LogP contribution >= 0.6 is 0 Å². The molecule has 0 fully saturated rings. The quantitative estimate of drug-likeness (QED) is 0.666. The molecule has 0 aliphatic heterocycles. The average Bonchev–Trinajstić information content (AvgIpc) is 2.47. The second-order valence-corrected chi connectivity index (χ2v) is 5.21. The zero-order valence-electron chi connectivity index (χ0n) is 11.6. The van der Waals surface area contributed by atoms with Gasteiger partial charge in [-0.3, -0.25) is 0 Å². The first-order chi connectivity index (χ1) is 8.69. The van der Waals surface area contributed by atoms with Crippen LogP contribution in [0.3, 0.4) is 0 Å². The summed E-state index contributed by atoms with van der Waals surface area (Å²) in [5, 5.41) is 0. The highest BCUT2D eigenvalue weighted by atomic mass is 14.3. The van der Waals surface area contributed by atoms with Gasteiger partial charge in [-0.05, 0) is 34.9 Å². The summed E-state index contributed by atoms with van der Waals surface area (Å²) in [5.41, 5.74) is 4.37. The Morgan fingerprint density at radius 2 is 1.39 bits per heavy atom. The lowest BCUT2D eigenvalue weighted by Gasteiger charge is -2.27. The molecule has 18 heavy (non-hydrogen) atoms. The van der Waals surface area contributed by atoms with Gasteiger partial charge in [0.1, 0.15) is 0 Å². The van der Waals surface area contributed by atoms with E-state index >= 15 is 0 Å². The number of hydrogen-bond acceptors (Lipinski definition) is 0. The van der Waals surface area contributed by atoms with Crippen LogP contribution in [0.25, 0.3) is 11.1 Å². The van der Waals surface area contributed by atoms with Gasteiger partial charge in [0.05, 0.1) is 0 Å². The number of hydrogen-bond donors (Lipinski definition) is 0. The van der Waals surface area contributed by atoms with Gasteiger partial charge in [0.2, 0.25) is 0 Å². The predicted molar refractivity (Wildman–Crippen MR) is 79.8 cm³/mol. The van der Waals surface area contributed by atoms with Crippen molar-refractivity contribution in [1.29, 1.82) is 0 Å². The van der Waals surface area contributed by atoms with Gasteiger partial charge in [-0.15, -0.1) is 0 Å². The summed E-state index contributed by atoms with van der Waals surface area (Å²) < 4.78 is 0. The van der Waals surface area contributed by atoms with Gasteiger partial charge in [0, 0.05) is 0 Å². The van der Waals surface area contributed by atoms with E-state index < -0.39 is 0 Å². The van der Waals surface area contributed by atoms with Gasteiger partial charge in [0.25, 0.3) is 0 Å². The molecular formula is C18H22. The van der Waals surface area contributed by atoms with E-state index in [1.807, 2.05) is 0 Å². The summed E-state index contributed by atoms with van der Waals surface area (Å²) >= 11 is 0. The Labute approximate surface area is 111 Å². The third-order valence-corrected chi connectivity index (χ3v) is 4.23. The molecule has 0 heterocycles. The first-order valence-corrected chi connectivity index (χ1v) is 6.85. The van der Waals surface area contributed by atoms with Crippen molar-refractivity contribution in [2.75, 3.05) is 0 Å². The highest BCUT2D eigenvalue weighted by Gasteiger charge is 2.22. The fourth-order valence-electron chi connectivity index (χ4n) is 2.36. The molecule has 0 heteroatoms. The maximum atomic E-state index is 2.36. The summed E-state index contributed by atoms with van der Waals surface area (Å²) in [6.45, 7) is 6.91. The maximum absolute atomic E-state index is 2.36. The molecule has 0 bridgehead atoms. The number of benzene rings is 2. The van der Waals surface area contributed by atoms with Gasteiger partial charge >= 0.3 is 0 Å². The minimum absolute atomic E-state index is 0.296. The smallest absolute Gasteiger partial charge is 0.00803 e. The monoisotopic (exact) mass is 238 g/mol. The zero-order valence-corrected chi connectivity index (χ0v) is 11.6. The van der Waals surface area contributed by atoms with Crippen LogP contribution in [0.4, 0.5) is 0 Å². The Balaban J connectivity index is 2.43. The molecule has 0 aliphatic rings. The molecule has 2 aromatic rings. The largest absolute Gasteiger partial charge is 0.0645 e. The van der Waals surface area contributed by atoms with E-state index in [1.54, 1.807) is 0 Å².